The van der Waals surface area contributed by atoms with Crippen LogP contribution in [0.2, 0.25) is 0 Å². The van der Waals surface area contributed by atoms with E-state index in [4.69, 9.17) is 0 Å². The monoisotopic (exact) mass is 325 g/mol. The molecular weight excluding hydrogens is 302 g/mol. The minimum Gasteiger partial charge on any atom is -0.370 e. The molecule has 0 fully saturated rings. The smallest absolute Gasteiger partial charge is 0.257 e. The highest BCUT2D eigenvalue weighted by molar-refractivity contribution is 6.04. The summed E-state index contributed by atoms with van der Waals surface area (Å²) in [5.41, 5.74) is 1.75. The average molecular weight is 325 g/mol. The maximum Gasteiger partial charge on any atom is 0.257 e. The lowest BCUT2D eigenvalue weighted by atomic mass is 10.1. The van der Waals surface area contributed by atoms with Crippen LogP contribution >= 0.6 is 0 Å². The fourth-order valence-corrected chi connectivity index (χ4v) is 2.11. The summed E-state index contributed by atoms with van der Waals surface area (Å²) in [5, 5.41) is 6.03. The first kappa shape index (κ1) is 17.7. The van der Waals surface area contributed by atoms with Crippen molar-refractivity contribution >= 4 is 23.2 Å². The number of carbonyl (C=O) groups is 2. The van der Waals surface area contributed by atoms with Crippen molar-refractivity contribution < 1.29 is 9.59 Å². The van der Waals surface area contributed by atoms with Crippen molar-refractivity contribution in [1.29, 1.82) is 0 Å². The van der Waals surface area contributed by atoms with Gasteiger partial charge in [-0.3, -0.25) is 9.59 Å². The number of aromatic nitrogens is 1. The number of benzene rings is 1. The second-order valence-electron chi connectivity index (χ2n) is 6.13. The van der Waals surface area contributed by atoms with E-state index in [1.165, 1.54) is 6.92 Å². The van der Waals surface area contributed by atoms with E-state index in [1.54, 1.807) is 42.6 Å². The molecule has 2 rings (SSSR count). The second-order valence-corrected chi connectivity index (χ2v) is 6.13. The van der Waals surface area contributed by atoms with Crippen LogP contribution in [0.15, 0.2) is 42.6 Å². The van der Waals surface area contributed by atoms with E-state index in [2.05, 4.69) is 29.5 Å². The van der Waals surface area contributed by atoms with Gasteiger partial charge in [0.2, 0.25) is 0 Å². The number of hydrogen-bond donors (Lipinski definition) is 2. The van der Waals surface area contributed by atoms with Crippen LogP contribution in [0.4, 0.5) is 11.5 Å². The molecule has 1 aromatic heterocycles. The Morgan fingerprint density at radius 2 is 1.71 bits per heavy atom. The molecule has 126 valence electrons. The normalized spacial score (nSPS) is 10.5. The predicted octanol–water partition coefficient (Wildman–Crippen LogP) is 3.99. The zero-order valence-electron chi connectivity index (χ0n) is 14.3. The van der Waals surface area contributed by atoms with Crippen LogP contribution in [0.3, 0.4) is 0 Å². The molecule has 0 radical (unpaired) electrons. The van der Waals surface area contributed by atoms with Gasteiger partial charge in [0.25, 0.3) is 5.91 Å². The van der Waals surface area contributed by atoms with Crippen LogP contribution in [0.1, 0.15) is 47.9 Å². The first-order valence-corrected chi connectivity index (χ1v) is 8.08. The van der Waals surface area contributed by atoms with Gasteiger partial charge in [-0.15, -0.1) is 0 Å². The van der Waals surface area contributed by atoms with Gasteiger partial charge < -0.3 is 10.6 Å². The first-order valence-electron chi connectivity index (χ1n) is 8.08. The Morgan fingerprint density at radius 1 is 1.04 bits per heavy atom. The largest absolute Gasteiger partial charge is 0.370 e. The van der Waals surface area contributed by atoms with Crippen LogP contribution in [-0.4, -0.2) is 23.2 Å². The SMILES string of the molecule is CC(=O)c1ccc(NC(=O)c2ccc(NCCC(C)C)nc2)cc1. The standard InChI is InChI=1S/C19H23N3O2/c1-13(2)10-11-20-18-9-6-16(12-21-18)19(24)22-17-7-4-15(5-8-17)14(3)23/h4-9,12-13H,10-11H2,1-3H3,(H,20,21)(H,22,24). The maximum atomic E-state index is 12.2. The Bertz CT molecular complexity index is 692. The molecule has 5 heteroatoms. The van der Waals surface area contributed by atoms with E-state index < -0.39 is 0 Å². The molecule has 0 aliphatic heterocycles. The molecule has 0 bridgehead atoms. The summed E-state index contributed by atoms with van der Waals surface area (Å²) in [6.07, 6.45) is 2.62. The minimum absolute atomic E-state index is 0.00219. The third-order valence-electron chi connectivity index (χ3n) is 3.60. The molecule has 0 atom stereocenters. The molecule has 0 saturated heterocycles. The molecular formula is C19H23N3O2. The zero-order valence-corrected chi connectivity index (χ0v) is 14.3. The van der Waals surface area contributed by atoms with E-state index >= 15 is 0 Å². The number of amides is 1. The van der Waals surface area contributed by atoms with Gasteiger partial charge in [0.1, 0.15) is 5.82 Å². The summed E-state index contributed by atoms with van der Waals surface area (Å²) in [4.78, 5) is 27.7. The summed E-state index contributed by atoms with van der Waals surface area (Å²) in [7, 11) is 0. The van der Waals surface area contributed by atoms with Crippen molar-refractivity contribution in [2.45, 2.75) is 27.2 Å². The van der Waals surface area contributed by atoms with Gasteiger partial charge in [-0.1, -0.05) is 13.8 Å². The molecule has 0 spiro atoms. The number of hydrogen-bond acceptors (Lipinski definition) is 4. The van der Waals surface area contributed by atoms with Crippen LogP contribution in [0.5, 0.6) is 0 Å². The quantitative estimate of drug-likeness (QED) is 0.755. The second kappa shape index (κ2) is 8.24. The molecule has 0 aliphatic carbocycles. The van der Waals surface area contributed by atoms with Gasteiger partial charge in [-0.25, -0.2) is 4.98 Å². The molecule has 24 heavy (non-hydrogen) atoms. The lowest BCUT2D eigenvalue weighted by Crippen LogP contribution is -2.13. The number of pyridine rings is 1. The summed E-state index contributed by atoms with van der Waals surface area (Å²) in [6, 6.07) is 10.3. The van der Waals surface area contributed by atoms with Crippen molar-refractivity contribution in [3.05, 3.63) is 53.7 Å². The van der Waals surface area contributed by atoms with Crippen molar-refractivity contribution in [2.75, 3.05) is 17.2 Å². The fourth-order valence-electron chi connectivity index (χ4n) is 2.11. The zero-order chi connectivity index (χ0) is 17.5. The summed E-state index contributed by atoms with van der Waals surface area (Å²) < 4.78 is 0. The molecule has 1 aromatic carbocycles. The molecule has 0 aliphatic rings. The number of Topliss-reactive ketones (excluding diaryl/α,β-unsaturated/α-hetero) is 1. The molecule has 2 aromatic rings. The molecule has 2 N–H and O–H groups in total. The third-order valence-corrected chi connectivity index (χ3v) is 3.60. The van der Waals surface area contributed by atoms with Crippen molar-refractivity contribution in [1.82, 2.24) is 4.98 Å². The Balaban J connectivity index is 1.93. The van der Waals surface area contributed by atoms with Gasteiger partial charge in [0, 0.05) is 24.0 Å². The van der Waals surface area contributed by atoms with Gasteiger partial charge in [0.15, 0.2) is 5.78 Å². The highest BCUT2D eigenvalue weighted by Gasteiger charge is 2.07. The van der Waals surface area contributed by atoms with Crippen molar-refractivity contribution in [3.63, 3.8) is 0 Å². The third kappa shape index (κ3) is 5.19. The number of nitrogens with zero attached hydrogens (tertiary/aromatic N) is 1. The fraction of sp³-hybridized carbons (Fsp3) is 0.316. The Hall–Kier alpha value is -2.69. The van der Waals surface area contributed by atoms with Gasteiger partial charge >= 0.3 is 0 Å². The van der Waals surface area contributed by atoms with E-state index in [9.17, 15) is 9.59 Å². The molecule has 1 amide bonds. The number of ketones is 1. The van der Waals surface area contributed by atoms with E-state index in [-0.39, 0.29) is 11.7 Å². The molecule has 5 nitrogen and oxygen atoms in total. The van der Waals surface area contributed by atoms with Crippen LogP contribution in [0, 0.1) is 5.92 Å². The summed E-state index contributed by atoms with van der Waals surface area (Å²) >= 11 is 0. The number of anilines is 2. The molecule has 1 heterocycles. The summed E-state index contributed by atoms with van der Waals surface area (Å²) in [6.45, 7) is 6.71. The van der Waals surface area contributed by atoms with Crippen LogP contribution in [0.25, 0.3) is 0 Å². The maximum absolute atomic E-state index is 12.2. The van der Waals surface area contributed by atoms with Crippen LogP contribution < -0.4 is 10.6 Å². The molecule has 0 unspecified atom stereocenters. The summed E-state index contributed by atoms with van der Waals surface area (Å²) in [5.74, 6) is 1.17. The van der Waals surface area contributed by atoms with Gasteiger partial charge in [-0.2, -0.15) is 0 Å². The number of nitrogens with one attached hydrogen (secondary N) is 2. The topological polar surface area (TPSA) is 71.1 Å². The lowest BCUT2D eigenvalue weighted by molar-refractivity contribution is 0.101. The highest BCUT2D eigenvalue weighted by atomic mass is 16.1. The van der Waals surface area contributed by atoms with Gasteiger partial charge in [-0.05, 0) is 55.7 Å². The van der Waals surface area contributed by atoms with Crippen LogP contribution in [-0.2, 0) is 0 Å². The number of carbonyl (C=O) groups excluding carboxylic acids is 2. The van der Waals surface area contributed by atoms with E-state index in [0.717, 1.165) is 18.8 Å². The Kier molecular flexibility index (Phi) is 6.07. The highest BCUT2D eigenvalue weighted by Crippen LogP contribution is 2.13. The number of rotatable bonds is 7. The van der Waals surface area contributed by atoms with Crippen molar-refractivity contribution in [3.8, 4) is 0 Å². The predicted molar refractivity (Wildman–Crippen MR) is 96.6 cm³/mol. The minimum atomic E-state index is -0.230. The Labute approximate surface area is 142 Å². The Morgan fingerprint density at radius 3 is 2.25 bits per heavy atom. The first-order chi connectivity index (χ1) is 11.5. The molecule has 0 saturated carbocycles. The average Bonchev–Trinajstić information content (AvgIpc) is 2.55. The van der Waals surface area contributed by atoms with Crippen molar-refractivity contribution in [2.24, 2.45) is 5.92 Å². The van der Waals surface area contributed by atoms with E-state index in [1.807, 2.05) is 0 Å². The van der Waals surface area contributed by atoms with Gasteiger partial charge in [0.05, 0.1) is 5.56 Å². The lowest BCUT2D eigenvalue weighted by Gasteiger charge is -2.09. The van der Waals surface area contributed by atoms with E-state index in [0.29, 0.717) is 22.7 Å².